The minimum absolute atomic E-state index is 0.0332. The molecule has 0 spiro atoms. The second-order valence-corrected chi connectivity index (χ2v) is 11.1. The molecule has 0 aromatic carbocycles. The van der Waals surface area contributed by atoms with Crippen LogP contribution in [0.25, 0.3) is 0 Å². The summed E-state index contributed by atoms with van der Waals surface area (Å²) in [6.45, 7) is 4.39. The second-order valence-electron chi connectivity index (χ2n) is 10.1. The molecule has 0 saturated heterocycles. The molecule has 5 nitrogen and oxygen atoms in total. The lowest BCUT2D eigenvalue weighted by atomic mass is 9.81. The van der Waals surface area contributed by atoms with Gasteiger partial charge in [-0.1, -0.05) is 18.8 Å². The Morgan fingerprint density at radius 2 is 1.78 bits per heavy atom. The third-order valence-electron chi connectivity index (χ3n) is 7.31. The van der Waals surface area contributed by atoms with Gasteiger partial charge in [-0.3, -0.25) is 9.59 Å². The zero-order valence-corrected chi connectivity index (χ0v) is 20.2. The maximum Gasteiger partial charge on any atom is 0.350 e. The molecule has 1 amide bonds. The summed E-state index contributed by atoms with van der Waals surface area (Å²) in [4.78, 5) is 41.5. The number of anilines is 1. The molecule has 172 valence electrons. The van der Waals surface area contributed by atoms with Gasteiger partial charge in [-0.05, 0) is 70.3 Å². The highest BCUT2D eigenvalue weighted by atomic mass is 32.1. The molecule has 4 rings (SSSR count). The van der Waals surface area contributed by atoms with Crippen LogP contribution in [-0.4, -0.2) is 30.8 Å². The second kappa shape index (κ2) is 9.39. The van der Waals surface area contributed by atoms with E-state index in [2.05, 4.69) is 25.7 Å². The topological polar surface area (TPSA) is 63.7 Å². The molecule has 1 aromatic heterocycles. The third kappa shape index (κ3) is 5.09. The van der Waals surface area contributed by atoms with E-state index in [0.717, 1.165) is 43.4 Å². The predicted molar refractivity (Wildman–Crippen MR) is 126 cm³/mol. The summed E-state index contributed by atoms with van der Waals surface area (Å²) >= 11 is 1.31. The number of carbonyl (C=O) groups is 3. The van der Waals surface area contributed by atoms with Gasteiger partial charge in [0, 0.05) is 30.2 Å². The SMILES string of the molecule is COC(=O)c1sc(C#CC2(C)CC2)cc1N(C(=O)C1CCC(C)CC1)C1CCC(=O)CC1. The Bertz CT molecular complexity index is 946. The molecular formula is C26H33NO4S. The monoisotopic (exact) mass is 455 g/mol. The quantitative estimate of drug-likeness (QED) is 0.453. The number of Topliss-reactive ketones (excluding diaryl/α,β-unsaturated/α-hetero) is 1. The smallest absolute Gasteiger partial charge is 0.350 e. The molecule has 1 aromatic rings. The van der Waals surface area contributed by atoms with Gasteiger partial charge in [-0.25, -0.2) is 4.79 Å². The average molecular weight is 456 g/mol. The van der Waals surface area contributed by atoms with Crippen molar-refractivity contribution in [2.24, 2.45) is 17.3 Å². The van der Waals surface area contributed by atoms with Crippen LogP contribution in [0.4, 0.5) is 5.69 Å². The van der Waals surface area contributed by atoms with Gasteiger partial charge in [-0.15, -0.1) is 11.3 Å². The van der Waals surface area contributed by atoms with E-state index in [9.17, 15) is 14.4 Å². The maximum absolute atomic E-state index is 13.8. The predicted octanol–water partition coefficient (Wildman–Crippen LogP) is 5.36. The van der Waals surface area contributed by atoms with Crippen molar-refractivity contribution in [3.63, 3.8) is 0 Å². The van der Waals surface area contributed by atoms with E-state index in [1.54, 1.807) is 0 Å². The Morgan fingerprint density at radius 3 is 2.38 bits per heavy atom. The van der Waals surface area contributed by atoms with E-state index in [4.69, 9.17) is 4.74 Å². The Balaban J connectivity index is 1.70. The summed E-state index contributed by atoms with van der Waals surface area (Å²) in [6, 6.07) is 1.83. The average Bonchev–Trinajstić information content (AvgIpc) is 3.38. The lowest BCUT2D eigenvalue weighted by molar-refractivity contribution is -0.125. The van der Waals surface area contributed by atoms with E-state index in [1.807, 2.05) is 11.0 Å². The van der Waals surface area contributed by atoms with Crippen LogP contribution < -0.4 is 4.90 Å². The molecule has 32 heavy (non-hydrogen) atoms. The number of carbonyl (C=O) groups excluding carboxylic acids is 3. The largest absolute Gasteiger partial charge is 0.465 e. The minimum atomic E-state index is -0.433. The normalized spacial score (nSPS) is 24.9. The highest BCUT2D eigenvalue weighted by molar-refractivity contribution is 7.15. The van der Waals surface area contributed by atoms with Crippen LogP contribution in [0, 0.1) is 29.1 Å². The summed E-state index contributed by atoms with van der Waals surface area (Å²) in [6.07, 6.45) is 8.32. The fraction of sp³-hybridized carbons (Fsp3) is 0.654. The summed E-state index contributed by atoms with van der Waals surface area (Å²) in [7, 11) is 1.37. The summed E-state index contributed by atoms with van der Waals surface area (Å²) in [5.74, 6) is 7.10. The van der Waals surface area contributed by atoms with Crippen molar-refractivity contribution in [1.82, 2.24) is 0 Å². The van der Waals surface area contributed by atoms with Crippen LogP contribution in [-0.2, 0) is 14.3 Å². The van der Waals surface area contributed by atoms with E-state index in [0.29, 0.717) is 42.2 Å². The van der Waals surface area contributed by atoms with E-state index in [1.165, 1.54) is 18.4 Å². The molecule has 0 radical (unpaired) electrons. The molecule has 0 N–H and O–H groups in total. The minimum Gasteiger partial charge on any atom is -0.465 e. The summed E-state index contributed by atoms with van der Waals surface area (Å²) in [5, 5.41) is 0. The molecular weight excluding hydrogens is 422 g/mol. The van der Waals surface area contributed by atoms with Gasteiger partial charge in [0.1, 0.15) is 10.7 Å². The van der Waals surface area contributed by atoms with E-state index in [-0.39, 0.29) is 29.1 Å². The zero-order chi connectivity index (χ0) is 22.9. The summed E-state index contributed by atoms with van der Waals surface area (Å²) < 4.78 is 5.07. The van der Waals surface area contributed by atoms with Crippen molar-refractivity contribution in [3.05, 3.63) is 15.8 Å². The van der Waals surface area contributed by atoms with Crippen molar-refractivity contribution < 1.29 is 19.1 Å². The van der Waals surface area contributed by atoms with E-state index < -0.39 is 5.97 Å². The molecule has 0 unspecified atom stereocenters. The van der Waals surface area contributed by atoms with Crippen LogP contribution in [0.1, 0.15) is 92.6 Å². The molecule has 6 heteroatoms. The maximum atomic E-state index is 13.8. The van der Waals surface area contributed by atoms with Crippen molar-refractivity contribution in [1.29, 1.82) is 0 Å². The molecule has 3 saturated carbocycles. The number of ketones is 1. The Labute approximate surface area is 194 Å². The number of hydrogen-bond donors (Lipinski definition) is 0. The van der Waals surface area contributed by atoms with Gasteiger partial charge < -0.3 is 9.64 Å². The van der Waals surface area contributed by atoms with Crippen LogP contribution in [0.3, 0.4) is 0 Å². The van der Waals surface area contributed by atoms with E-state index >= 15 is 0 Å². The van der Waals surface area contributed by atoms with Gasteiger partial charge in [0.15, 0.2) is 0 Å². The van der Waals surface area contributed by atoms with Crippen molar-refractivity contribution in [3.8, 4) is 11.8 Å². The highest BCUT2D eigenvalue weighted by Gasteiger charge is 2.38. The summed E-state index contributed by atoms with van der Waals surface area (Å²) in [5.41, 5.74) is 0.697. The first-order chi connectivity index (χ1) is 15.3. The third-order valence-corrected chi connectivity index (χ3v) is 8.33. The first-order valence-electron chi connectivity index (χ1n) is 11.9. The Kier molecular flexibility index (Phi) is 6.76. The molecule has 3 aliphatic rings. The number of thiophene rings is 1. The van der Waals surface area contributed by atoms with Crippen LogP contribution in [0.15, 0.2) is 6.07 Å². The van der Waals surface area contributed by atoms with Gasteiger partial charge in [-0.2, -0.15) is 0 Å². The fourth-order valence-corrected chi connectivity index (χ4v) is 5.69. The number of hydrogen-bond acceptors (Lipinski definition) is 5. The molecule has 1 heterocycles. The zero-order valence-electron chi connectivity index (χ0n) is 19.4. The first kappa shape index (κ1) is 23.0. The number of rotatable bonds is 4. The number of ether oxygens (including phenoxy) is 1. The van der Waals surface area contributed by atoms with Crippen molar-refractivity contribution in [2.75, 3.05) is 12.0 Å². The van der Waals surface area contributed by atoms with Crippen LogP contribution in [0.2, 0.25) is 0 Å². The van der Waals surface area contributed by atoms with Gasteiger partial charge in [0.2, 0.25) is 5.91 Å². The van der Waals surface area contributed by atoms with Gasteiger partial charge in [0.05, 0.1) is 17.7 Å². The molecule has 0 atom stereocenters. The lowest BCUT2D eigenvalue weighted by Crippen LogP contribution is -2.46. The van der Waals surface area contributed by atoms with Crippen molar-refractivity contribution >= 4 is 34.7 Å². The van der Waals surface area contributed by atoms with Crippen LogP contribution >= 0.6 is 11.3 Å². The first-order valence-corrected chi connectivity index (χ1v) is 12.7. The Hall–Kier alpha value is -2.13. The molecule has 3 aliphatic carbocycles. The van der Waals surface area contributed by atoms with Crippen LogP contribution in [0.5, 0.6) is 0 Å². The number of methoxy groups -OCH3 is 1. The van der Waals surface area contributed by atoms with Gasteiger partial charge in [0.25, 0.3) is 0 Å². The number of esters is 1. The highest BCUT2D eigenvalue weighted by Crippen LogP contribution is 2.44. The number of amides is 1. The van der Waals surface area contributed by atoms with Gasteiger partial charge >= 0.3 is 5.97 Å². The fourth-order valence-electron chi connectivity index (χ4n) is 4.77. The molecule has 0 aliphatic heterocycles. The van der Waals surface area contributed by atoms with Crippen molar-refractivity contribution in [2.45, 2.75) is 84.1 Å². The lowest BCUT2D eigenvalue weighted by Gasteiger charge is -2.37. The molecule has 0 bridgehead atoms. The Morgan fingerprint density at radius 1 is 1.12 bits per heavy atom. The standard InChI is InChI=1S/C26H33NO4S/c1-17-4-6-18(7-5-17)24(29)27(19-8-10-20(28)11-9-19)22-16-21(12-13-26(2)14-15-26)32-23(22)25(30)31-3/h16-19H,4-11,14-15H2,1-3H3. The number of nitrogens with zero attached hydrogens (tertiary/aromatic N) is 1. The molecule has 3 fully saturated rings.